The number of hydrogen-bond donors (Lipinski definition) is 2. The first-order chi connectivity index (χ1) is 18.4. The van der Waals surface area contributed by atoms with Gasteiger partial charge < -0.3 is 19.8 Å². The molecule has 0 bridgehead atoms. The molecule has 4 aromatic rings. The molecule has 204 valence electrons. The van der Waals surface area contributed by atoms with Crippen molar-refractivity contribution >= 4 is 38.0 Å². The van der Waals surface area contributed by atoms with Crippen LogP contribution in [0.15, 0.2) is 53.6 Å². The second kappa shape index (κ2) is 9.64. The Morgan fingerprint density at radius 2 is 1.82 bits per heavy atom. The van der Waals surface area contributed by atoms with Crippen molar-refractivity contribution in [1.82, 2.24) is 14.9 Å². The van der Waals surface area contributed by atoms with Crippen LogP contribution in [-0.4, -0.2) is 36.7 Å². The summed E-state index contributed by atoms with van der Waals surface area (Å²) in [7, 11) is -1.80. The third kappa shape index (κ3) is 4.82. The molecule has 0 aliphatic carbocycles. The standard InChI is InChI=1S/C28H28F2N4O4S/c1-15(2)11-32-27(35)26-19-12-31-25-24(19)20(13-33(3)28(25)36)18-9-16(14-39(4,37)38)5-7-22(18)34(26)23-8-6-17(29)10-21(23)30/h5-10,12-13,15,26,31H,11,14H2,1-4H3,(H,32,35). The molecule has 0 radical (unpaired) electrons. The molecule has 2 N–H and O–H groups in total. The number of nitrogens with one attached hydrogen (secondary N) is 2. The first kappa shape index (κ1) is 26.6. The third-order valence-corrected chi connectivity index (χ3v) is 7.59. The summed E-state index contributed by atoms with van der Waals surface area (Å²) in [6.07, 6.45) is 4.31. The highest BCUT2D eigenvalue weighted by Crippen LogP contribution is 2.49. The van der Waals surface area contributed by atoms with Gasteiger partial charge in [0.2, 0.25) is 5.91 Å². The lowest BCUT2D eigenvalue weighted by atomic mass is 9.98. The van der Waals surface area contributed by atoms with Crippen LogP contribution in [0.5, 0.6) is 0 Å². The number of pyridine rings is 1. The Kier molecular flexibility index (Phi) is 6.58. The predicted octanol–water partition coefficient (Wildman–Crippen LogP) is 4.32. The predicted molar refractivity (Wildman–Crippen MR) is 147 cm³/mol. The molecule has 3 heterocycles. The normalized spacial score (nSPS) is 14.9. The van der Waals surface area contributed by atoms with E-state index >= 15 is 4.39 Å². The Labute approximate surface area is 224 Å². The van der Waals surface area contributed by atoms with E-state index in [1.54, 1.807) is 37.6 Å². The molecule has 1 aliphatic heterocycles. The van der Waals surface area contributed by atoms with E-state index in [0.717, 1.165) is 18.4 Å². The second-order valence-corrected chi connectivity index (χ2v) is 12.5. The number of aryl methyl sites for hydroxylation is 1. The quantitative estimate of drug-likeness (QED) is 0.370. The summed E-state index contributed by atoms with van der Waals surface area (Å²) in [5.41, 5.74) is 2.27. The van der Waals surface area contributed by atoms with Crippen LogP contribution in [0.1, 0.15) is 31.0 Å². The van der Waals surface area contributed by atoms with Crippen molar-refractivity contribution in [3.8, 4) is 11.1 Å². The minimum Gasteiger partial charge on any atom is -0.356 e. The van der Waals surface area contributed by atoms with E-state index in [1.165, 1.54) is 15.5 Å². The van der Waals surface area contributed by atoms with Gasteiger partial charge in [-0.05, 0) is 35.7 Å². The molecule has 1 amide bonds. The maximum atomic E-state index is 15.4. The number of nitrogens with zero attached hydrogens (tertiary/aromatic N) is 2. The first-order valence-electron chi connectivity index (χ1n) is 12.4. The minimum absolute atomic E-state index is 0.0490. The fourth-order valence-electron chi connectivity index (χ4n) is 5.10. The van der Waals surface area contributed by atoms with Crippen LogP contribution >= 0.6 is 0 Å². The number of benzene rings is 2. The lowest BCUT2D eigenvalue weighted by Gasteiger charge is -2.33. The van der Waals surface area contributed by atoms with Gasteiger partial charge in [0.1, 0.15) is 23.2 Å². The van der Waals surface area contributed by atoms with E-state index in [4.69, 9.17) is 0 Å². The van der Waals surface area contributed by atoms with Crippen molar-refractivity contribution in [2.45, 2.75) is 25.6 Å². The summed E-state index contributed by atoms with van der Waals surface area (Å²) in [6.45, 7) is 4.24. The summed E-state index contributed by atoms with van der Waals surface area (Å²) < 4.78 is 55.0. The van der Waals surface area contributed by atoms with Crippen LogP contribution in [0.2, 0.25) is 0 Å². The van der Waals surface area contributed by atoms with Gasteiger partial charge in [-0.15, -0.1) is 0 Å². The molecule has 0 saturated carbocycles. The number of amides is 1. The molecule has 5 rings (SSSR count). The fourth-order valence-corrected chi connectivity index (χ4v) is 5.88. The van der Waals surface area contributed by atoms with Crippen LogP contribution in [-0.2, 0) is 27.4 Å². The highest BCUT2D eigenvalue weighted by molar-refractivity contribution is 7.89. The summed E-state index contributed by atoms with van der Waals surface area (Å²) in [5.74, 6) is -2.19. The van der Waals surface area contributed by atoms with E-state index in [1.807, 2.05) is 13.8 Å². The van der Waals surface area contributed by atoms with E-state index in [-0.39, 0.29) is 28.4 Å². The van der Waals surface area contributed by atoms with Crippen LogP contribution in [0.3, 0.4) is 0 Å². The van der Waals surface area contributed by atoms with Crippen molar-refractivity contribution < 1.29 is 22.0 Å². The van der Waals surface area contributed by atoms with Crippen LogP contribution in [0.25, 0.3) is 22.0 Å². The SMILES string of the molecule is CC(C)CNC(=O)C1c2c[nH]c3c(=O)n(C)cc(c23)-c2cc(CS(C)(=O)=O)ccc2N1c1ccc(F)cc1F. The molecule has 2 aromatic carbocycles. The number of anilines is 2. The zero-order valence-corrected chi connectivity index (χ0v) is 22.7. The smallest absolute Gasteiger partial charge is 0.274 e. The molecule has 11 heteroatoms. The van der Waals surface area contributed by atoms with Gasteiger partial charge in [0.05, 0.1) is 17.1 Å². The molecule has 1 unspecified atom stereocenters. The zero-order valence-electron chi connectivity index (χ0n) is 21.9. The number of H-pyrrole nitrogens is 1. The largest absolute Gasteiger partial charge is 0.356 e. The number of aromatic nitrogens is 2. The lowest BCUT2D eigenvalue weighted by Crippen LogP contribution is -2.40. The van der Waals surface area contributed by atoms with Gasteiger partial charge in [-0.25, -0.2) is 17.2 Å². The maximum absolute atomic E-state index is 15.4. The molecule has 0 saturated heterocycles. The van der Waals surface area contributed by atoms with Gasteiger partial charge in [0.25, 0.3) is 5.56 Å². The number of fused-ring (bicyclic) bond motifs is 2. The summed E-state index contributed by atoms with van der Waals surface area (Å²) in [6, 6.07) is 6.91. The van der Waals surface area contributed by atoms with Crippen molar-refractivity contribution in [2.75, 3.05) is 17.7 Å². The highest BCUT2D eigenvalue weighted by atomic mass is 32.2. The highest BCUT2D eigenvalue weighted by Gasteiger charge is 2.38. The molecular formula is C28H28F2N4O4S. The molecule has 0 spiro atoms. The molecular weight excluding hydrogens is 526 g/mol. The number of rotatable bonds is 6. The van der Waals surface area contributed by atoms with Crippen LogP contribution in [0.4, 0.5) is 20.2 Å². The number of sulfone groups is 1. The summed E-state index contributed by atoms with van der Waals surface area (Å²) in [4.78, 5) is 31.4. The number of aromatic amines is 1. The lowest BCUT2D eigenvalue weighted by molar-refractivity contribution is -0.122. The van der Waals surface area contributed by atoms with Gasteiger partial charge in [0, 0.05) is 60.4 Å². The Morgan fingerprint density at radius 1 is 1.10 bits per heavy atom. The molecule has 8 nitrogen and oxygen atoms in total. The molecule has 39 heavy (non-hydrogen) atoms. The van der Waals surface area contributed by atoms with Gasteiger partial charge in [-0.2, -0.15) is 0 Å². The van der Waals surface area contributed by atoms with Crippen LogP contribution < -0.4 is 15.8 Å². The number of carbonyl (C=O) groups excluding carboxylic acids is 1. The summed E-state index contributed by atoms with van der Waals surface area (Å²) >= 11 is 0. The fraction of sp³-hybridized carbons (Fsp3) is 0.286. The van der Waals surface area contributed by atoms with Crippen molar-refractivity contribution in [1.29, 1.82) is 0 Å². The van der Waals surface area contributed by atoms with E-state index in [0.29, 0.717) is 39.9 Å². The topological polar surface area (TPSA) is 104 Å². The van der Waals surface area contributed by atoms with Crippen molar-refractivity contribution in [3.05, 3.63) is 81.9 Å². The molecule has 0 fully saturated rings. The third-order valence-electron chi connectivity index (χ3n) is 6.73. The Bertz CT molecular complexity index is 1790. The number of halogens is 2. The van der Waals surface area contributed by atoms with Gasteiger partial charge in [-0.3, -0.25) is 9.59 Å². The first-order valence-corrected chi connectivity index (χ1v) is 14.5. The van der Waals surface area contributed by atoms with Crippen molar-refractivity contribution in [3.63, 3.8) is 0 Å². The maximum Gasteiger partial charge on any atom is 0.274 e. The number of hydrogen-bond acceptors (Lipinski definition) is 5. The average Bonchev–Trinajstić information content (AvgIpc) is 3.23. The minimum atomic E-state index is -3.39. The monoisotopic (exact) mass is 554 g/mol. The Hall–Kier alpha value is -3.99. The molecule has 2 aromatic heterocycles. The average molecular weight is 555 g/mol. The zero-order chi connectivity index (χ0) is 28.2. The molecule has 1 aliphatic rings. The van der Waals surface area contributed by atoms with E-state index in [9.17, 15) is 22.4 Å². The van der Waals surface area contributed by atoms with E-state index < -0.39 is 33.4 Å². The van der Waals surface area contributed by atoms with Crippen LogP contribution in [0, 0.1) is 17.6 Å². The number of carbonyl (C=O) groups is 1. The Balaban J connectivity index is 1.89. The van der Waals surface area contributed by atoms with Gasteiger partial charge in [-0.1, -0.05) is 19.9 Å². The molecule has 1 atom stereocenters. The second-order valence-electron chi connectivity index (χ2n) is 10.4. The van der Waals surface area contributed by atoms with Gasteiger partial charge in [0.15, 0.2) is 9.84 Å². The van der Waals surface area contributed by atoms with E-state index in [2.05, 4.69) is 10.3 Å². The van der Waals surface area contributed by atoms with Gasteiger partial charge >= 0.3 is 0 Å². The Morgan fingerprint density at radius 3 is 2.49 bits per heavy atom. The summed E-state index contributed by atoms with van der Waals surface area (Å²) in [5, 5.41) is 3.40. The van der Waals surface area contributed by atoms with Crippen molar-refractivity contribution in [2.24, 2.45) is 13.0 Å².